The molecular weight excluding hydrogens is 793 g/mol. The van der Waals surface area contributed by atoms with Gasteiger partial charge >= 0.3 is 0 Å². The summed E-state index contributed by atoms with van der Waals surface area (Å²) in [6, 6.07) is 14.3. The predicted molar refractivity (Wildman–Crippen MR) is 248 cm³/mol. The highest BCUT2D eigenvalue weighted by molar-refractivity contribution is 5.94. The minimum Gasteiger partial charge on any atom is -0.494 e. The fourth-order valence-corrected chi connectivity index (χ4v) is 11.1. The first-order chi connectivity index (χ1) is 30.7. The van der Waals surface area contributed by atoms with Gasteiger partial charge < -0.3 is 30.2 Å². The molecule has 0 atom stereocenters. The van der Waals surface area contributed by atoms with Gasteiger partial charge in [-0.3, -0.25) is 19.0 Å². The molecular formula is C51H68N6O6. The number of rotatable bonds is 25. The topological polar surface area (TPSA) is 146 Å². The Bertz CT molecular complexity index is 2220. The molecule has 12 nitrogen and oxygen atoms in total. The molecule has 0 unspecified atom stereocenters. The molecule has 5 aliphatic rings. The van der Waals surface area contributed by atoms with Crippen LogP contribution in [0.15, 0.2) is 59.5 Å². The van der Waals surface area contributed by atoms with E-state index < -0.39 is 0 Å². The number of fused-ring (bicyclic) bond motifs is 1. The zero-order valence-corrected chi connectivity index (χ0v) is 37.6. The van der Waals surface area contributed by atoms with E-state index in [0.29, 0.717) is 64.7 Å². The normalized spacial score (nSPS) is 21.1. The van der Waals surface area contributed by atoms with Crippen LogP contribution in [0.3, 0.4) is 0 Å². The fraction of sp³-hybridized carbons (Fsp3) is 0.588. The largest absolute Gasteiger partial charge is 0.494 e. The number of amides is 2. The van der Waals surface area contributed by atoms with Crippen molar-refractivity contribution in [2.45, 2.75) is 129 Å². The Labute approximate surface area is 372 Å². The van der Waals surface area contributed by atoms with Crippen LogP contribution >= 0.6 is 0 Å². The van der Waals surface area contributed by atoms with Crippen LogP contribution in [-0.2, 0) is 14.3 Å². The zero-order valence-electron chi connectivity index (χ0n) is 37.6. The van der Waals surface area contributed by atoms with Gasteiger partial charge in [-0.1, -0.05) is 57.4 Å². The summed E-state index contributed by atoms with van der Waals surface area (Å²) >= 11 is 0. The minimum absolute atomic E-state index is 0.00181. The third kappa shape index (κ3) is 12.0. The Hall–Kier alpha value is -4.97. The van der Waals surface area contributed by atoms with E-state index in [-0.39, 0.29) is 17.4 Å². The lowest BCUT2D eigenvalue weighted by molar-refractivity contribution is -0.129. The Morgan fingerprint density at radius 2 is 1.52 bits per heavy atom. The number of hydrogen-bond acceptors (Lipinski definition) is 9. The number of carbonyl (C=O) groups is 2. The van der Waals surface area contributed by atoms with Gasteiger partial charge in [0.15, 0.2) is 5.65 Å². The second kappa shape index (κ2) is 21.1. The molecule has 5 saturated carbocycles. The number of pyridine rings is 1. The molecule has 2 aromatic carbocycles. The van der Waals surface area contributed by atoms with E-state index in [2.05, 4.69) is 20.9 Å². The molecule has 0 saturated heterocycles. The van der Waals surface area contributed by atoms with Gasteiger partial charge in [0, 0.05) is 54.9 Å². The Morgan fingerprint density at radius 1 is 0.825 bits per heavy atom. The number of aromatic nitrogens is 3. The molecule has 2 amide bonds. The molecule has 4 aromatic rings. The first-order valence-electron chi connectivity index (χ1n) is 24.0. The summed E-state index contributed by atoms with van der Waals surface area (Å²) in [4.78, 5) is 47.9. The predicted octanol–water partition coefficient (Wildman–Crippen LogP) is 10.2. The second-order valence-electron chi connectivity index (χ2n) is 19.2. The summed E-state index contributed by atoms with van der Waals surface area (Å²) < 4.78 is 19.1. The maximum absolute atomic E-state index is 13.4. The van der Waals surface area contributed by atoms with Crippen LogP contribution in [0, 0.1) is 36.0 Å². The monoisotopic (exact) mass is 861 g/mol. The molecule has 3 N–H and O–H groups in total. The summed E-state index contributed by atoms with van der Waals surface area (Å²) in [5.41, 5.74) is 3.19. The molecule has 338 valence electrons. The number of unbranched alkanes of at least 4 members (excludes halogenated alkanes) is 9. The summed E-state index contributed by atoms with van der Waals surface area (Å²) in [5, 5.41) is 10.2. The number of anilines is 3. The molecule has 0 aliphatic heterocycles. The van der Waals surface area contributed by atoms with Crippen LogP contribution in [0.2, 0.25) is 0 Å². The molecule has 2 aromatic heterocycles. The Balaban J connectivity index is 0.679. The number of hydrogen-bond donors (Lipinski definition) is 3. The van der Waals surface area contributed by atoms with E-state index in [9.17, 15) is 14.4 Å². The summed E-state index contributed by atoms with van der Waals surface area (Å²) in [6.07, 6.45) is 24.8. The van der Waals surface area contributed by atoms with Crippen LogP contribution in [0.4, 0.5) is 17.3 Å². The van der Waals surface area contributed by atoms with Gasteiger partial charge in [-0.2, -0.15) is 4.98 Å². The maximum Gasteiger partial charge on any atom is 0.257 e. The Morgan fingerprint density at radius 3 is 2.22 bits per heavy atom. The zero-order chi connectivity index (χ0) is 43.6. The van der Waals surface area contributed by atoms with E-state index in [1.165, 1.54) is 94.5 Å². The second-order valence-corrected chi connectivity index (χ2v) is 19.2. The highest BCUT2D eigenvalue weighted by atomic mass is 16.5. The molecule has 5 aliphatic carbocycles. The molecule has 63 heavy (non-hydrogen) atoms. The lowest BCUT2D eigenvalue weighted by atomic mass is 9.49. The smallest absolute Gasteiger partial charge is 0.257 e. The SMILES string of the molecule is COc1cc(OCCOCCCCCCCCCCCCNC(=O)CC23CC4CC(CC(C4)C2)C3)ccc1Nc1ncc2c(C)cc(=O)n(-c3cccc(NC(=O)C4CC4)c3)c2n1. The molecule has 0 radical (unpaired) electrons. The van der Waals surface area contributed by atoms with Gasteiger partial charge in [0.1, 0.15) is 18.1 Å². The van der Waals surface area contributed by atoms with Gasteiger partial charge in [-0.15, -0.1) is 0 Å². The minimum atomic E-state index is -0.234. The number of methoxy groups -OCH3 is 1. The van der Waals surface area contributed by atoms with Gasteiger partial charge in [-0.05, 0) is 130 Å². The number of nitrogens with one attached hydrogen (secondary N) is 3. The third-order valence-corrected chi connectivity index (χ3v) is 13.9. The van der Waals surface area contributed by atoms with Crippen molar-refractivity contribution >= 4 is 40.2 Å². The van der Waals surface area contributed by atoms with Crippen LogP contribution in [-0.4, -0.2) is 59.8 Å². The van der Waals surface area contributed by atoms with E-state index in [1.807, 2.05) is 43.3 Å². The molecule has 2 heterocycles. The maximum atomic E-state index is 13.4. The molecule has 4 bridgehead atoms. The number of ether oxygens (including phenoxy) is 3. The molecule has 5 fully saturated rings. The van der Waals surface area contributed by atoms with Crippen molar-refractivity contribution in [3.8, 4) is 17.2 Å². The third-order valence-electron chi connectivity index (χ3n) is 13.9. The molecule has 12 heteroatoms. The summed E-state index contributed by atoms with van der Waals surface area (Å²) in [6.45, 7) is 4.38. The lowest BCUT2D eigenvalue weighted by Crippen LogP contribution is -2.48. The highest BCUT2D eigenvalue weighted by Gasteiger charge is 2.51. The van der Waals surface area contributed by atoms with E-state index in [1.54, 1.807) is 25.4 Å². The molecule has 0 spiro atoms. The number of aryl methyl sites for hydroxylation is 1. The standard InChI is InChI=1S/C51H68N6O6/c1-35-24-47(59)57(41-15-13-14-40(28-41)54-49(60)39-16-17-39)48-43(35)34-53-50(56-48)55-44-19-18-42(29-45(44)61-2)63-23-22-62-21-12-10-8-6-4-3-5-7-9-11-20-52-46(58)33-51-30-36-25-37(31-51)27-38(26-36)32-51/h13-15,18-19,24,28-29,34,36-39H,3-12,16-17,20-23,25-27,30-33H2,1-2H3,(H,52,58)(H,54,60)(H,53,55,56). The fourth-order valence-electron chi connectivity index (χ4n) is 11.1. The van der Waals surface area contributed by atoms with Crippen molar-refractivity contribution in [2.75, 3.05) is 44.1 Å². The van der Waals surface area contributed by atoms with E-state index in [0.717, 1.165) is 74.0 Å². The summed E-state index contributed by atoms with van der Waals surface area (Å²) in [5.74, 6) is 4.63. The average molecular weight is 861 g/mol. The van der Waals surface area contributed by atoms with Crippen molar-refractivity contribution in [3.63, 3.8) is 0 Å². The quantitative estimate of drug-likeness (QED) is 0.0555. The van der Waals surface area contributed by atoms with Crippen molar-refractivity contribution in [1.29, 1.82) is 0 Å². The lowest BCUT2D eigenvalue weighted by Gasteiger charge is -2.56. The van der Waals surface area contributed by atoms with Gasteiger partial charge in [0.25, 0.3) is 5.56 Å². The van der Waals surface area contributed by atoms with Gasteiger partial charge in [0.2, 0.25) is 17.8 Å². The number of nitrogens with zero attached hydrogens (tertiary/aromatic N) is 3. The van der Waals surface area contributed by atoms with Gasteiger partial charge in [-0.25, -0.2) is 4.98 Å². The van der Waals surface area contributed by atoms with Crippen molar-refractivity contribution in [2.24, 2.45) is 29.1 Å². The first-order valence-corrected chi connectivity index (χ1v) is 24.0. The van der Waals surface area contributed by atoms with E-state index in [4.69, 9.17) is 19.2 Å². The number of carbonyl (C=O) groups excluding carboxylic acids is 2. The molecule has 9 rings (SSSR count). The Kier molecular flexibility index (Phi) is 15.0. The van der Waals surface area contributed by atoms with Crippen LogP contribution in [0.25, 0.3) is 16.7 Å². The van der Waals surface area contributed by atoms with Crippen molar-refractivity contribution in [3.05, 3.63) is 70.6 Å². The van der Waals surface area contributed by atoms with Crippen LogP contribution in [0.1, 0.15) is 128 Å². The average Bonchev–Trinajstić information content (AvgIpc) is 4.11. The highest BCUT2D eigenvalue weighted by Crippen LogP contribution is 2.61. The van der Waals surface area contributed by atoms with Crippen LogP contribution < -0.4 is 31.0 Å². The van der Waals surface area contributed by atoms with Crippen molar-refractivity contribution in [1.82, 2.24) is 19.9 Å². The van der Waals surface area contributed by atoms with Crippen LogP contribution in [0.5, 0.6) is 11.5 Å². The van der Waals surface area contributed by atoms with Crippen molar-refractivity contribution < 1.29 is 23.8 Å². The first kappa shape index (κ1) is 44.6. The summed E-state index contributed by atoms with van der Waals surface area (Å²) in [7, 11) is 1.60. The van der Waals surface area contributed by atoms with E-state index >= 15 is 0 Å². The number of benzene rings is 2. The van der Waals surface area contributed by atoms with Gasteiger partial charge in [0.05, 0.1) is 25.1 Å².